The van der Waals surface area contributed by atoms with E-state index in [1.165, 1.54) is 5.56 Å². The molecule has 0 N–H and O–H groups in total. The molecule has 1 heterocycles. The smallest absolute Gasteiger partial charge is 0.224 e. The molecule has 114 valence electrons. The van der Waals surface area contributed by atoms with Gasteiger partial charge in [-0.05, 0) is 25.0 Å². The number of benzene rings is 2. The molecule has 1 amide bonds. The Morgan fingerprint density at radius 3 is 2.55 bits per heavy atom. The molecule has 1 aliphatic rings. The van der Waals surface area contributed by atoms with E-state index >= 15 is 0 Å². The van der Waals surface area contributed by atoms with Gasteiger partial charge in [0.15, 0.2) is 0 Å². The van der Waals surface area contributed by atoms with E-state index in [1.807, 2.05) is 41.3 Å². The molecule has 0 radical (unpaired) electrons. The van der Waals surface area contributed by atoms with Crippen LogP contribution in [0.15, 0.2) is 54.6 Å². The topological polar surface area (TPSA) is 29.5 Å². The number of nitrogens with zero attached hydrogens (tertiary/aromatic N) is 1. The van der Waals surface area contributed by atoms with Crippen molar-refractivity contribution in [2.45, 2.75) is 39.0 Å². The van der Waals surface area contributed by atoms with Crippen LogP contribution in [0.1, 0.15) is 37.5 Å². The van der Waals surface area contributed by atoms with Crippen molar-refractivity contribution in [1.29, 1.82) is 0 Å². The van der Waals surface area contributed by atoms with Gasteiger partial charge in [-0.3, -0.25) is 4.79 Å². The molecule has 3 heteroatoms. The zero-order valence-corrected chi connectivity index (χ0v) is 13.0. The number of ether oxygens (including phenoxy) is 1. The molecule has 0 aromatic heterocycles. The van der Waals surface area contributed by atoms with Crippen molar-refractivity contribution in [1.82, 2.24) is 0 Å². The van der Waals surface area contributed by atoms with Crippen LogP contribution in [0.3, 0.4) is 0 Å². The number of anilines is 1. The van der Waals surface area contributed by atoms with E-state index < -0.39 is 0 Å². The Labute approximate surface area is 131 Å². The van der Waals surface area contributed by atoms with Gasteiger partial charge in [0.2, 0.25) is 5.91 Å². The third kappa shape index (κ3) is 2.90. The predicted molar refractivity (Wildman–Crippen MR) is 87.7 cm³/mol. The highest BCUT2D eigenvalue weighted by molar-refractivity contribution is 5.93. The van der Waals surface area contributed by atoms with Gasteiger partial charge in [0.05, 0.1) is 12.7 Å². The minimum atomic E-state index is 0.0296. The molecule has 0 saturated carbocycles. The summed E-state index contributed by atoms with van der Waals surface area (Å²) in [7, 11) is 0. The van der Waals surface area contributed by atoms with Crippen LogP contribution in [-0.4, -0.2) is 11.9 Å². The molecule has 3 nitrogen and oxygen atoms in total. The highest BCUT2D eigenvalue weighted by Gasteiger charge is 2.32. The van der Waals surface area contributed by atoms with E-state index in [1.54, 1.807) is 6.92 Å². The van der Waals surface area contributed by atoms with Crippen molar-refractivity contribution in [3.63, 3.8) is 0 Å². The second-order valence-corrected chi connectivity index (χ2v) is 5.82. The lowest BCUT2D eigenvalue weighted by Gasteiger charge is -2.38. The van der Waals surface area contributed by atoms with Crippen LogP contribution in [-0.2, 0) is 16.1 Å². The molecule has 2 atom stereocenters. The van der Waals surface area contributed by atoms with Gasteiger partial charge in [-0.15, -0.1) is 0 Å². The van der Waals surface area contributed by atoms with Gasteiger partial charge < -0.3 is 9.64 Å². The summed E-state index contributed by atoms with van der Waals surface area (Å²) in [5.74, 6) is 0.0847. The predicted octanol–water partition coefficient (Wildman–Crippen LogP) is 4.09. The van der Waals surface area contributed by atoms with Gasteiger partial charge in [-0.2, -0.15) is 0 Å². The minimum absolute atomic E-state index is 0.0296. The van der Waals surface area contributed by atoms with Crippen LogP contribution in [0.25, 0.3) is 0 Å². The second kappa shape index (κ2) is 6.32. The number of hydrogen-bond acceptors (Lipinski definition) is 2. The molecular weight excluding hydrogens is 274 g/mol. The molecule has 3 rings (SSSR count). The van der Waals surface area contributed by atoms with Crippen molar-refractivity contribution in [2.75, 3.05) is 4.90 Å². The average Bonchev–Trinajstić information content (AvgIpc) is 2.53. The summed E-state index contributed by atoms with van der Waals surface area (Å²) in [6, 6.07) is 18.4. The van der Waals surface area contributed by atoms with E-state index in [9.17, 15) is 4.79 Å². The number of para-hydroxylation sites is 1. The highest BCUT2D eigenvalue weighted by atomic mass is 16.5. The normalized spacial score (nSPS) is 20.5. The summed E-state index contributed by atoms with van der Waals surface area (Å²) in [6.45, 7) is 4.29. The molecular formula is C19H21NO2. The lowest BCUT2D eigenvalue weighted by atomic mass is 9.93. The van der Waals surface area contributed by atoms with Gasteiger partial charge in [0, 0.05) is 24.2 Å². The Balaban J connectivity index is 1.83. The van der Waals surface area contributed by atoms with Gasteiger partial charge in [-0.25, -0.2) is 0 Å². The molecule has 0 aliphatic carbocycles. The maximum absolute atomic E-state index is 11.9. The van der Waals surface area contributed by atoms with Crippen molar-refractivity contribution in [3.05, 3.63) is 65.7 Å². The Morgan fingerprint density at radius 2 is 1.82 bits per heavy atom. The summed E-state index contributed by atoms with van der Waals surface area (Å²) in [6.07, 6.45) is 0.852. The monoisotopic (exact) mass is 295 g/mol. The Hall–Kier alpha value is -2.13. The Kier molecular flexibility index (Phi) is 4.25. The number of fused-ring (bicyclic) bond motifs is 1. The molecule has 0 bridgehead atoms. The molecule has 1 aliphatic heterocycles. The molecule has 22 heavy (non-hydrogen) atoms. The van der Waals surface area contributed by atoms with Gasteiger partial charge in [0.1, 0.15) is 0 Å². The summed E-state index contributed by atoms with van der Waals surface area (Å²) in [4.78, 5) is 13.8. The Bertz CT molecular complexity index is 653. The number of hydrogen-bond donors (Lipinski definition) is 0. The van der Waals surface area contributed by atoms with E-state index in [4.69, 9.17) is 4.74 Å². The fourth-order valence-electron chi connectivity index (χ4n) is 3.17. The van der Waals surface area contributed by atoms with Gasteiger partial charge >= 0.3 is 0 Å². The number of carbonyl (C=O) groups is 1. The van der Waals surface area contributed by atoms with Crippen molar-refractivity contribution < 1.29 is 9.53 Å². The first-order valence-electron chi connectivity index (χ1n) is 7.71. The zero-order valence-electron chi connectivity index (χ0n) is 13.0. The standard InChI is InChI=1S/C19H21NO2/c1-14-12-19(22-13-16-8-4-3-5-9-16)17-10-6-7-11-18(17)20(14)15(2)21/h3-11,14,19H,12-13H2,1-2H3/t14-,19+/m0/s1. The number of carbonyl (C=O) groups excluding carboxylic acids is 1. The summed E-state index contributed by atoms with van der Waals surface area (Å²) < 4.78 is 6.16. The maximum Gasteiger partial charge on any atom is 0.224 e. The molecule has 0 unspecified atom stereocenters. The van der Waals surface area contributed by atoms with E-state index in [2.05, 4.69) is 25.1 Å². The van der Waals surface area contributed by atoms with Crippen LogP contribution in [0, 0.1) is 0 Å². The Morgan fingerprint density at radius 1 is 1.14 bits per heavy atom. The summed E-state index contributed by atoms with van der Waals surface area (Å²) >= 11 is 0. The molecule has 0 spiro atoms. The number of amides is 1. The lowest BCUT2D eigenvalue weighted by Crippen LogP contribution is -2.42. The first-order chi connectivity index (χ1) is 10.7. The average molecular weight is 295 g/mol. The second-order valence-electron chi connectivity index (χ2n) is 5.82. The third-order valence-electron chi connectivity index (χ3n) is 4.17. The third-order valence-corrected chi connectivity index (χ3v) is 4.17. The van der Waals surface area contributed by atoms with E-state index in [-0.39, 0.29) is 18.1 Å². The first kappa shape index (κ1) is 14.8. The van der Waals surface area contributed by atoms with Crippen LogP contribution < -0.4 is 4.90 Å². The van der Waals surface area contributed by atoms with Crippen LogP contribution in [0.2, 0.25) is 0 Å². The van der Waals surface area contributed by atoms with Gasteiger partial charge in [-0.1, -0.05) is 48.5 Å². The lowest BCUT2D eigenvalue weighted by molar-refractivity contribution is -0.117. The van der Waals surface area contributed by atoms with Crippen molar-refractivity contribution >= 4 is 11.6 Å². The first-order valence-corrected chi connectivity index (χ1v) is 7.71. The quantitative estimate of drug-likeness (QED) is 0.853. The van der Waals surface area contributed by atoms with Gasteiger partial charge in [0.25, 0.3) is 0 Å². The van der Waals surface area contributed by atoms with Crippen LogP contribution in [0.5, 0.6) is 0 Å². The fraction of sp³-hybridized carbons (Fsp3) is 0.316. The molecule has 2 aromatic carbocycles. The van der Waals surface area contributed by atoms with E-state index in [0.717, 1.165) is 17.7 Å². The highest BCUT2D eigenvalue weighted by Crippen LogP contribution is 2.39. The fourth-order valence-corrected chi connectivity index (χ4v) is 3.17. The van der Waals surface area contributed by atoms with Crippen molar-refractivity contribution in [2.24, 2.45) is 0 Å². The minimum Gasteiger partial charge on any atom is -0.369 e. The zero-order chi connectivity index (χ0) is 15.5. The summed E-state index contributed by atoms with van der Waals surface area (Å²) in [5, 5.41) is 0. The van der Waals surface area contributed by atoms with Crippen molar-refractivity contribution in [3.8, 4) is 0 Å². The SMILES string of the molecule is CC(=O)N1c2ccccc2[C@H](OCc2ccccc2)C[C@@H]1C. The largest absolute Gasteiger partial charge is 0.369 e. The molecule has 0 fully saturated rings. The van der Waals surface area contributed by atoms with Crippen LogP contribution in [0.4, 0.5) is 5.69 Å². The van der Waals surface area contributed by atoms with Crippen LogP contribution >= 0.6 is 0 Å². The van der Waals surface area contributed by atoms with E-state index in [0.29, 0.717) is 6.61 Å². The molecule has 0 saturated heterocycles. The summed E-state index contributed by atoms with van der Waals surface area (Å²) in [5.41, 5.74) is 3.25. The maximum atomic E-state index is 11.9. The molecule has 2 aromatic rings. The number of rotatable bonds is 3.